The maximum Gasteiger partial charge on any atom is 0.317 e. The minimum Gasteiger partial charge on any atom is -0.345 e. The van der Waals surface area contributed by atoms with Crippen molar-refractivity contribution >= 4 is 22.5 Å². The van der Waals surface area contributed by atoms with Crippen LogP contribution in [0.4, 0.5) is 9.93 Å². The lowest BCUT2D eigenvalue weighted by Crippen LogP contribution is -2.51. The van der Waals surface area contributed by atoms with Crippen molar-refractivity contribution in [2.45, 2.75) is 13.5 Å². The quantitative estimate of drug-likeness (QED) is 0.923. The van der Waals surface area contributed by atoms with Crippen LogP contribution in [0.25, 0.3) is 0 Å². The van der Waals surface area contributed by atoms with Gasteiger partial charge in [-0.2, -0.15) is 5.10 Å². The standard InChI is InChI=1S/C14H20N6OS/c1-11-10-22-14(17-11)20-5-3-19(4-6-20)13(21)15-7-12-8-16-18(2)9-12/h8-10H,3-7H2,1-2H3,(H,15,21). The number of carbonyl (C=O) groups excluding carboxylic acids is 1. The van der Waals surface area contributed by atoms with Crippen molar-refractivity contribution in [3.05, 3.63) is 29.0 Å². The molecule has 3 rings (SSSR count). The number of carbonyl (C=O) groups is 1. The molecule has 0 radical (unpaired) electrons. The van der Waals surface area contributed by atoms with E-state index < -0.39 is 0 Å². The van der Waals surface area contributed by atoms with E-state index in [1.807, 2.05) is 25.1 Å². The zero-order valence-electron chi connectivity index (χ0n) is 12.8. The van der Waals surface area contributed by atoms with Gasteiger partial charge in [-0.25, -0.2) is 9.78 Å². The number of nitrogens with one attached hydrogen (secondary N) is 1. The highest BCUT2D eigenvalue weighted by molar-refractivity contribution is 7.13. The van der Waals surface area contributed by atoms with Crippen LogP contribution in [0.1, 0.15) is 11.3 Å². The third-order valence-electron chi connectivity index (χ3n) is 3.65. The number of thiazole rings is 1. The second-order valence-electron chi connectivity index (χ2n) is 5.43. The lowest BCUT2D eigenvalue weighted by Gasteiger charge is -2.34. The molecule has 2 aromatic rings. The highest BCUT2D eigenvalue weighted by atomic mass is 32.1. The van der Waals surface area contributed by atoms with Crippen molar-refractivity contribution in [1.82, 2.24) is 25.0 Å². The van der Waals surface area contributed by atoms with Crippen LogP contribution < -0.4 is 10.2 Å². The fraction of sp³-hybridized carbons (Fsp3) is 0.500. The Balaban J connectivity index is 1.47. The van der Waals surface area contributed by atoms with Crippen molar-refractivity contribution in [3.8, 4) is 0 Å². The largest absolute Gasteiger partial charge is 0.345 e. The number of rotatable bonds is 3. The van der Waals surface area contributed by atoms with Crippen molar-refractivity contribution < 1.29 is 4.79 Å². The molecule has 8 heteroatoms. The molecule has 7 nitrogen and oxygen atoms in total. The van der Waals surface area contributed by atoms with E-state index in [4.69, 9.17) is 0 Å². The van der Waals surface area contributed by atoms with Gasteiger partial charge in [0.05, 0.1) is 11.9 Å². The van der Waals surface area contributed by atoms with Crippen LogP contribution in [0.2, 0.25) is 0 Å². The first-order chi connectivity index (χ1) is 10.6. The molecule has 0 atom stereocenters. The Morgan fingerprint density at radius 3 is 2.73 bits per heavy atom. The number of hydrogen-bond donors (Lipinski definition) is 1. The summed E-state index contributed by atoms with van der Waals surface area (Å²) in [4.78, 5) is 20.8. The molecule has 22 heavy (non-hydrogen) atoms. The Morgan fingerprint density at radius 2 is 2.14 bits per heavy atom. The lowest BCUT2D eigenvalue weighted by atomic mass is 10.3. The molecule has 1 N–H and O–H groups in total. The Labute approximate surface area is 133 Å². The molecular formula is C14H20N6OS. The van der Waals surface area contributed by atoms with Gasteiger partial charge in [-0.3, -0.25) is 4.68 Å². The number of nitrogens with zero attached hydrogens (tertiary/aromatic N) is 5. The van der Waals surface area contributed by atoms with Crippen LogP contribution in [-0.2, 0) is 13.6 Å². The van der Waals surface area contributed by atoms with E-state index in [1.54, 1.807) is 22.2 Å². The number of aryl methyl sites for hydroxylation is 2. The molecule has 2 amide bonds. The van der Waals surface area contributed by atoms with Crippen LogP contribution in [0.5, 0.6) is 0 Å². The van der Waals surface area contributed by atoms with E-state index in [2.05, 4.69) is 25.7 Å². The summed E-state index contributed by atoms with van der Waals surface area (Å²) in [6, 6.07) is -0.0150. The van der Waals surface area contributed by atoms with Crippen molar-refractivity contribution in [3.63, 3.8) is 0 Å². The summed E-state index contributed by atoms with van der Waals surface area (Å²) in [6.45, 7) is 5.61. The number of anilines is 1. The fourth-order valence-electron chi connectivity index (χ4n) is 2.44. The highest BCUT2D eigenvalue weighted by Crippen LogP contribution is 2.21. The topological polar surface area (TPSA) is 66.3 Å². The molecule has 1 saturated heterocycles. The zero-order valence-corrected chi connectivity index (χ0v) is 13.6. The van der Waals surface area contributed by atoms with Crippen molar-refractivity contribution in [2.24, 2.45) is 7.05 Å². The zero-order chi connectivity index (χ0) is 15.5. The van der Waals surface area contributed by atoms with Crippen molar-refractivity contribution in [1.29, 1.82) is 0 Å². The molecule has 0 spiro atoms. The van der Waals surface area contributed by atoms with Crippen LogP contribution in [0.15, 0.2) is 17.8 Å². The lowest BCUT2D eigenvalue weighted by molar-refractivity contribution is 0.194. The van der Waals surface area contributed by atoms with E-state index in [9.17, 15) is 4.79 Å². The molecule has 1 aliphatic heterocycles. The van der Waals surface area contributed by atoms with Gasteiger partial charge in [-0.1, -0.05) is 0 Å². The second kappa shape index (κ2) is 6.35. The van der Waals surface area contributed by atoms with Crippen LogP contribution in [0.3, 0.4) is 0 Å². The first kappa shape index (κ1) is 14.8. The summed E-state index contributed by atoms with van der Waals surface area (Å²) in [6.07, 6.45) is 3.67. The highest BCUT2D eigenvalue weighted by Gasteiger charge is 2.22. The summed E-state index contributed by atoms with van der Waals surface area (Å²) in [5.41, 5.74) is 2.06. The predicted octanol–water partition coefficient (Wildman–Crippen LogP) is 1.22. The molecule has 3 heterocycles. The van der Waals surface area contributed by atoms with E-state index in [0.29, 0.717) is 6.54 Å². The Kier molecular flexibility index (Phi) is 4.28. The van der Waals surface area contributed by atoms with E-state index >= 15 is 0 Å². The molecular weight excluding hydrogens is 300 g/mol. The normalized spacial score (nSPS) is 15.2. The summed E-state index contributed by atoms with van der Waals surface area (Å²) >= 11 is 1.66. The molecule has 118 valence electrons. The van der Waals surface area contributed by atoms with Crippen LogP contribution in [-0.4, -0.2) is 51.9 Å². The van der Waals surface area contributed by atoms with Crippen molar-refractivity contribution in [2.75, 3.05) is 31.1 Å². The number of piperazine rings is 1. The van der Waals surface area contributed by atoms with Gasteiger partial charge in [0.1, 0.15) is 0 Å². The maximum absolute atomic E-state index is 12.2. The minimum absolute atomic E-state index is 0.0150. The molecule has 0 aromatic carbocycles. The molecule has 1 aliphatic rings. The molecule has 0 saturated carbocycles. The Hall–Kier alpha value is -2.09. The predicted molar refractivity (Wildman–Crippen MR) is 86.1 cm³/mol. The number of hydrogen-bond acceptors (Lipinski definition) is 5. The number of aromatic nitrogens is 3. The Bertz CT molecular complexity index is 643. The van der Waals surface area contributed by atoms with Gasteiger partial charge in [-0.15, -0.1) is 11.3 Å². The molecule has 2 aromatic heterocycles. The summed E-state index contributed by atoms with van der Waals surface area (Å²) < 4.78 is 1.73. The molecule has 0 aliphatic carbocycles. The van der Waals surface area contributed by atoms with E-state index in [1.165, 1.54) is 0 Å². The van der Waals surface area contributed by atoms with Gasteiger partial charge in [0.2, 0.25) is 0 Å². The average molecular weight is 320 g/mol. The summed E-state index contributed by atoms with van der Waals surface area (Å²) in [5.74, 6) is 0. The Morgan fingerprint density at radius 1 is 1.36 bits per heavy atom. The van der Waals surface area contributed by atoms with Crippen LogP contribution >= 0.6 is 11.3 Å². The van der Waals surface area contributed by atoms with Gasteiger partial charge in [0, 0.05) is 56.9 Å². The van der Waals surface area contributed by atoms with Gasteiger partial charge >= 0.3 is 6.03 Å². The van der Waals surface area contributed by atoms with E-state index in [-0.39, 0.29) is 6.03 Å². The second-order valence-corrected chi connectivity index (χ2v) is 6.26. The molecule has 1 fully saturated rings. The number of urea groups is 1. The summed E-state index contributed by atoms with van der Waals surface area (Å²) in [5, 5.41) is 10.1. The van der Waals surface area contributed by atoms with Gasteiger partial charge in [0.25, 0.3) is 0 Å². The summed E-state index contributed by atoms with van der Waals surface area (Å²) in [7, 11) is 1.87. The third-order valence-corrected chi connectivity index (χ3v) is 4.67. The monoisotopic (exact) mass is 320 g/mol. The maximum atomic E-state index is 12.2. The first-order valence-electron chi connectivity index (χ1n) is 7.29. The third kappa shape index (κ3) is 3.38. The smallest absolute Gasteiger partial charge is 0.317 e. The van der Waals surface area contributed by atoms with Gasteiger partial charge in [-0.05, 0) is 6.92 Å². The number of amides is 2. The molecule has 0 unspecified atom stereocenters. The first-order valence-corrected chi connectivity index (χ1v) is 8.17. The average Bonchev–Trinajstić information content (AvgIpc) is 3.13. The molecule has 0 bridgehead atoms. The van der Waals surface area contributed by atoms with Gasteiger partial charge < -0.3 is 15.1 Å². The fourth-order valence-corrected chi connectivity index (χ4v) is 3.30. The minimum atomic E-state index is -0.0150. The SMILES string of the molecule is Cc1csc(N2CCN(C(=O)NCc3cnn(C)c3)CC2)n1. The van der Waals surface area contributed by atoms with Crippen LogP contribution in [0, 0.1) is 6.92 Å². The van der Waals surface area contributed by atoms with E-state index in [0.717, 1.165) is 42.6 Å². The van der Waals surface area contributed by atoms with Gasteiger partial charge in [0.15, 0.2) is 5.13 Å².